The number of hydrogen-bond donors (Lipinski definition) is 1. The molecule has 0 saturated carbocycles. The minimum Gasteiger partial charge on any atom is -0.391 e. The van der Waals surface area contributed by atoms with Crippen molar-refractivity contribution in [3.05, 3.63) is 11.1 Å². The Morgan fingerprint density at radius 2 is 2.11 bits per heavy atom. The highest BCUT2D eigenvalue weighted by Gasteiger charge is 1.88. The van der Waals surface area contributed by atoms with Crippen molar-refractivity contribution in [1.82, 2.24) is 5.32 Å². The summed E-state index contributed by atoms with van der Waals surface area (Å²) in [5, 5.41) is 5.89. The van der Waals surface area contributed by atoms with Gasteiger partial charge in [0.2, 0.25) is 0 Å². The van der Waals surface area contributed by atoms with Gasteiger partial charge in [-0.3, -0.25) is 0 Å². The molecule has 0 aliphatic carbocycles. The number of allylic oxidation sites excluding steroid dienone is 1. The van der Waals surface area contributed by atoms with Gasteiger partial charge in [0.15, 0.2) is 0 Å². The lowest BCUT2D eigenvalue weighted by Crippen LogP contribution is -2.00. The Morgan fingerprint density at radius 1 is 1.56 bits per heavy atom. The molecule has 0 aromatic rings. The number of hydrogen-bond acceptors (Lipinski definition) is 2. The Kier molecular flexibility index (Phi) is 4.68. The van der Waals surface area contributed by atoms with Crippen LogP contribution in [0.3, 0.4) is 0 Å². The van der Waals surface area contributed by atoms with Crippen molar-refractivity contribution >= 4 is 11.8 Å². The summed E-state index contributed by atoms with van der Waals surface area (Å²) in [6.45, 7) is 6.43. The van der Waals surface area contributed by atoms with E-state index in [1.54, 1.807) is 0 Å². The Hall–Kier alpha value is -0.110. The van der Waals surface area contributed by atoms with Gasteiger partial charge in [-0.25, -0.2) is 0 Å². The third-order valence-corrected chi connectivity index (χ3v) is 1.95. The number of rotatable bonds is 3. The van der Waals surface area contributed by atoms with E-state index in [1.165, 1.54) is 5.70 Å². The molecule has 0 aliphatic heterocycles. The normalized spacial score (nSPS) is 12.3. The zero-order chi connectivity index (χ0) is 7.28. The smallest absolute Gasteiger partial charge is 0.0136 e. The molecule has 1 nitrogen and oxygen atoms in total. The van der Waals surface area contributed by atoms with Crippen LogP contribution >= 0.6 is 11.8 Å². The van der Waals surface area contributed by atoms with Crippen LogP contribution in [0, 0.1) is 0 Å². The Balaban J connectivity index is 3.43. The van der Waals surface area contributed by atoms with Crippen LogP contribution in [-0.4, -0.2) is 12.3 Å². The Bertz CT molecular complexity index is 97.1. The minimum absolute atomic E-state index is 0.688. The third-order valence-electron chi connectivity index (χ3n) is 0.911. The first kappa shape index (κ1) is 8.89. The second-order valence-corrected chi connectivity index (χ2v) is 3.69. The van der Waals surface area contributed by atoms with Gasteiger partial charge in [-0.2, -0.15) is 0 Å². The van der Waals surface area contributed by atoms with E-state index in [9.17, 15) is 0 Å². The van der Waals surface area contributed by atoms with Crippen molar-refractivity contribution in [2.45, 2.75) is 26.0 Å². The standard InChI is InChI=1S/C7H15NS/c1-6(2)9-5-7(3)8-4/h5-6,8H,1-4H3/b7-5-. The van der Waals surface area contributed by atoms with E-state index >= 15 is 0 Å². The largest absolute Gasteiger partial charge is 0.391 e. The fourth-order valence-electron chi connectivity index (χ4n) is 0.297. The lowest BCUT2D eigenvalue weighted by molar-refractivity contribution is 0.994. The number of nitrogens with one attached hydrogen (secondary N) is 1. The third kappa shape index (κ3) is 5.77. The summed E-state index contributed by atoms with van der Waals surface area (Å²) in [4.78, 5) is 0. The first-order valence-corrected chi connectivity index (χ1v) is 4.11. The fraction of sp³-hybridized carbons (Fsp3) is 0.714. The minimum atomic E-state index is 0.688. The molecule has 54 valence electrons. The summed E-state index contributed by atoms with van der Waals surface area (Å²) in [5.74, 6) is 0. The molecule has 0 amide bonds. The van der Waals surface area contributed by atoms with Crippen molar-refractivity contribution in [2.24, 2.45) is 0 Å². The highest BCUT2D eigenvalue weighted by Crippen LogP contribution is 2.11. The maximum absolute atomic E-state index is 3.06. The van der Waals surface area contributed by atoms with Gasteiger partial charge in [0.05, 0.1) is 0 Å². The van der Waals surface area contributed by atoms with Crippen molar-refractivity contribution in [3.63, 3.8) is 0 Å². The van der Waals surface area contributed by atoms with Crippen molar-refractivity contribution in [1.29, 1.82) is 0 Å². The summed E-state index contributed by atoms with van der Waals surface area (Å²) in [5.41, 5.74) is 1.23. The van der Waals surface area contributed by atoms with Crippen molar-refractivity contribution in [3.8, 4) is 0 Å². The zero-order valence-electron chi connectivity index (χ0n) is 6.56. The molecule has 0 radical (unpaired) electrons. The molecule has 0 rings (SSSR count). The van der Waals surface area contributed by atoms with E-state index in [2.05, 4.69) is 31.5 Å². The van der Waals surface area contributed by atoms with Crippen LogP contribution in [-0.2, 0) is 0 Å². The van der Waals surface area contributed by atoms with E-state index in [1.807, 2.05) is 18.8 Å². The monoisotopic (exact) mass is 145 g/mol. The SMILES string of the molecule is CN/C(C)=C\SC(C)C. The van der Waals surface area contributed by atoms with Crippen LogP contribution in [0.5, 0.6) is 0 Å². The lowest BCUT2D eigenvalue weighted by Gasteiger charge is -2.00. The van der Waals surface area contributed by atoms with E-state index in [0.29, 0.717) is 5.25 Å². The lowest BCUT2D eigenvalue weighted by atomic mass is 10.6. The predicted molar refractivity (Wildman–Crippen MR) is 45.5 cm³/mol. The summed E-state index contributed by atoms with van der Waals surface area (Å²) in [7, 11) is 1.94. The molecule has 1 N–H and O–H groups in total. The maximum atomic E-state index is 3.06. The molecular weight excluding hydrogens is 130 g/mol. The van der Waals surface area contributed by atoms with E-state index in [4.69, 9.17) is 0 Å². The van der Waals surface area contributed by atoms with Crippen LogP contribution in [0.15, 0.2) is 11.1 Å². The molecule has 2 heteroatoms. The Morgan fingerprint density at radius 3 is 2.44 bits per heavy atom. The summed E-state index contributed by atoms with van der Waals surface area (Å²) < 4.78 is 0. The fourth-order valence-corrected chi connectivity index (χ4v) is 0.891. The summed E-state index contributed by atoms with van der Waals surface area (Å²) in [6.07, 6.45) is 0. The summed E-state index contributed by atoms with van der Waals surface area (Å²) in [6, 6.07) is 0. The van der Waals surface area contributed by atoms with E-state index in [-0.39, 0.29) is 0 Å². The van der Waals surface area contributed by atoms with E-state index < -0.39 is 0 Å². The molecule has 0 atom stereocenters. The molecule has 0 spiro atoms. The van der Waals surface area contributed by atoms with Crippen LogP contribution in [0.1, 0.15) is 20.8 Å². The first-order valence-electron chi connectivity index (χ1n) is 3.16. The molecule has 0 heterocycles. The zero-order valence-corrected chi connectivity index (χ0v) is 7.38. The molecule has 9 heavy (non-hydrogen) atoms. The average molecular weight is 145 g/mol. The molecule has 0 aromatic carbocycles. The van der Waals surface area contributed by atoms with E-state index in [0.717, 1.165) is 0 Å². The van der Waals surface area contributed by atoms with Crippen LogP contribution < -0.4 is 5.32 Å². The van der Waals surface area contributed by atoms with Crippen molar-refractivity contribution in [2.75, 3.05) is 7.05 Å². The highest BCUT2D eigenvalue weighted by atomic mass is 32.2. The molecule has 0 unspecified atom stereocenters. The van der Waals surface area contributed by atoms with Gasteiger partial charge in [-0.05, 0) is 12.3 Å². The summed E-state index contributed by atoms with van der Waals surface area (Å²) >= 11 is 1.84. The topological polar surface area (TPSA) is 12.0 Å². The van der Waals surface area contributed by atoms with Crippen molar-refractivity contribution < 1.29 is 0 Å². The molecular formula is C7H15NS. The quantitative estimate of drug-likeness (QED) is 0.653. The average Bonchev–Trinajstić information content (AvgIpc) is 1.83. The van der Waals surface area contributed by atoms with Gasteiger partial charge < -0.3 is 5.32 Å². The predicted octanol–water partition coefficient (Wildman–Crippen LogP) is 2.21. The first-order chi connectivity index (χ1) is 4.16. The van der Waals surface area contributed by atoms with Crippen LogP contribution in [0.2, 0.25) is 0 Å². The van der Waals surface area contributed by atoms with Gasteiger partial charge in [0, 0.05) is 18.0 Å². The Labute approximate surface area is 61.9 Å². The number of thioether (sulfide) groups is 1. The van der Waals surface area contributed by atoms with Gasteiger partial charge >= 0.3 is 0 Å². The maximum Gasteiger partial charge on any atom is 0.0136 e. The van der Waals surface area contributed by atoms with Gasteiger partial charge in [0.1, 0.15) is 0 Å². The van der Waals surface area contributed by atoms with Crippen LogP contribution in [0.4, 0.5) is 0 Å². The molecule has 0 saturated heterocycles. The molecule has 0 bridgehead atoms. The second kappa shape index (κ2) is 4.74. The molecule has 0 aromatic heterocycles. The second-order valence-electron chi connectivity index (χ2n) is 2.24. The van der Waals surface area contributed by atoms with Crippen LogP contribution in [0.25, 0.3) is 0 Å². The highest BCUT2D eigenvalue weighted by molar-refractivity contribution is 8.02. The van der Waals surface area contributed by atoms with Gasteiger partial charge in [-0.15, -0.1) is 11.8 Å². The van der Waals surface area contributed by atoms with Gasteiger partial charge in [-0.1, -0.05) is 13.8 Å². The van der Waals surface area contributed by atoms with Gasteiger partial charge in [0.25, 0.3) is 0 Å². The molecule has 0 fully saturated rings. The molecule has 0 aliphatic rings.